The molecule has 2 amide bonds. The van der Waals surface area contributed by atoms with E-state index in [1.807, 2.05) is 10.9 Å². The molecule has 0 unspecified atom stereocenters. The third-order valence-corrected chi connectivity index (χ3v) is 2.90. The lowest BCUT2D eigenvalue weighted by atomic mass is 10.3. The Labute approximate surface area is 120 Å². The van der Waals surface area contributed by atoms with Crippen LogP contribution in [0.25, 0.3) is 0 Å². The Morgan fingerprint density at radius 2 is 2.17 bits per heavy atom. The fraction of sp³-hybridized carbons (Fsp3) is 0.545. The number of halogens is 1. The van der Waals surface area contributed by atoms with Crippen molar-refractivity contribution >= 4 is 34.4 Å². The van der Waals surface area contributed by atoms with Crippen LogP contribution >= 0.6 is 22.6 Å². The van der Waals surface area contributed by atoms with Gasteiger partial charge in [-0.15, -0.1) is 0 Å². The minimum absolute atomic E-state index is 0.0271. The molecule has 0 fully saturated rings. The summed E-state index contributed by atoms with van der Waals surface area (Å²) in [6, 6.07) is 0. The maximum absolute atomic E-state index is 11.4. The first-order valence-electron chi connectivity index (χ1n) is 5.77. The summed E-state index contributed by atoms with van der Waals surface area (Å²) in [6.07, 6.45) is 5.22. The van der Waals surface area contributed by atoms with Crippen LogP contribution in [-0.2, 0) is 16.1 Å². The molecule has 0 saturated carbocycles. The van der Waals surface area contributed by atoms with Gasteiger partial charge in [0.05, 0.1) is 9.77 Å². The summed E-state index contributed by atoms with van der Waals surface area (Å²) in [6.45, 7) is 1.12. The van der Waals surface area contributed by atoms with Gasteiger partial charge in [0.1, 0.15) is 0 Å². The van der Waals surface area contributed by atoms with Gasteiger partial charge in [-0.25, -0.2) is 0 Å². The molecule has 0 atom stereocenters. The molecule has 1 aromatic rings. The second-order valence-electron chi connectivity index (χ2n) is 3.80. The molecule has 0 bridgehead atoms. The zero-order valence-electron chi connectivity index (χ0n) is 10.3. The minimum atomic E-state index is -0.0681. The second-order valence-corrected chi connectivity index (χ2v) is 5.04. The summed E-state index contributed by atoms with van der Waals surface area (Å²) in [5, 5.41) is 9.35. The highest BCUT2D eigenvalue weighted by atomic mass is 127. The maximum atomic E-state index is 11.4. The predicted octanol–water partition coefficient (Wildman–Crippen LogP) is 0.520. The topological polar surface area (TPSA) is 76.0 Å². The van der Waals surface area contributed by atoms with Crippen LogP contribution in [0.4, 0.5) is 0 Å². The molecule has 0 saturated heterocycles. The molecule has 1 rings (SSSR count). The van der Waals surface area contributed by atoms with E-state index < -0.39 is 0 Å². The van der Waals surface area contributed by atoms with Crippen LogP contribution in [0.1, 0.15) is 19.3 Å². The molecule has 0 aliphatic rings. The van der Waals surface area contributed by atoms with Crippen molar-refractivity contribution in [2.75, 3.05) is 13.6 Å². The molecular formula is C11H17IN4O2. The van der Waals surface area contributed by atoms with Crippen LogP contribution in [-0.4, -0.2) is 35.2 Å². The summed E-state index contributed by atoms with van der Waals surface area (Å²) < 4.78 is 2.90. The highest BCUT2D eigenvalue weighted by molar-refractivity contribution is 14.1. The second kappa shape index (κ2) is 8.06. The first-order valence-corrected chi connectivity index (χ1v) is 6.85. The minimum Gasteiger partial charge on any atom is -0.359 e. The Kier molecular flexibility index (Phi) is 6.69. The zero-order valence-corrected chi connectivity index (χ0v) is 12.4. The fourth-order valence-corrected chi connectivity index (χ4v) is 1.84. The number of hydrogen-bond donors (Lipinski definition) is 2. The quantitative estimate of drug-likeness (QED) is 0.693. The van der Waals surface area contributed by atoms with Crippen molar-refractivity contribution in [2.45, 2.75) is 25.8 Å². The van der Waals surface area contributed by atoms with Crippen LogP contribution in [0.2, 0.25) is 0 Å². The van der Waals surface area contributed by atoms with E-state index in [1.165, 1.54) is 0 Å². The number of carbonyl (C=O) groups is 2. The van der Waals surface area contributed by atoms with Gasteiger partial charge in [0, 0.05) is 39.2 Å². The SMILES string of the molecule is CNC(=O)CCNC(=O)CCCn1cc(I)cn1. The standard InChI is InChI=1S/C11H17IN4O2/c1-13-10(17)4-5-14-11(18)3-2-6-16-8-9(12)7-15-16/h7-8H,2-6H2,1H3,(H,13,17)(H,14,18). The molecule has 2 N–H and O–H groups in total. The van der Waals surface area contributed by atoms with E-state index in [-0.39, 0.29) is 11.8 Å². The number of aromatic nitrogens is 2. The van der Waals surface area contributed by atoms with E-state index in [1.54, 1.807) is 13.2 Å². The number of rotatable bonds is 7. The van der Waals surface area contributed by atoms with Crippen molar-refractivity contribution in [3.8, 4) is 0 Å². The number of nitrogens with zero attached hydrogens (tertiary/aromatic N) is 2. The summed E-state index contributed by atoms with van der Waals surface area (Å²) in [4.78, 5) is 22.4. The fourth-order valence-electron chi connectivity index (χ4n) is 1.39. The highest BCUT2D eigenvalue weighted by Gasteiger charge is 2.03. The number of amides is 2. The number of nitrogens with one attached hydrogen (secondary N) is 2. The average Bonchev–Trinajstić information content (AvgIpc) is 2.75. The Hall–Kier alpha value is -1.12. The third-order valence-electron chi connectivity index (χ3n) is 2.35. The van der Waals surface area contributed by atoms with Gasteiger partial charge in [0.2, 0.25) is 11.8 Å². The molecule has 1 heterocycles. The monoisotopic (exact) mass is 364 g/mol. The van der Waals surface area contributed by atoms with Crippen molar-refractivity contribution in [3.63, 3.8) is 0 Å². The summed E-state index contributed by atoms with van der Waals surface area (Å²) in [7, 11) is 1.58. The third kappa shape index (κ3) is 5.99. The van der Waals surface area contributed by atoms with E-state index in [2.05, 4.69) is 38.3 Å². The van der Waals surface area contributed by atoms with Crippen LogP contribution < -0.4 is 10.6 Å². The maximum Gasteiger partial charge on any atom is 0.221 e. The van der Waals surface area contributed by atoms with E-state index >= 15 is 0 Å². The Balaban J connectivity index is 2.08. The van der Waals surface area contributed by atoms with Gasteiger partial charge in [-0.1, -0.05) is 0 Å². The molecule has 6 nitrogen and oxygen atoms in total. The summed E-state index contributed by atoms with van der Waals surface area (Å²) in [5.74, 6) is -0.0952. The normalized spacial score (nSPS) is 10.1. The number of aryl methyl sites for hydroxylation is 1. The van der Waals surface area contributed by atoms with Gasteiger partial charge in [0.15, 0.2) is 0 Å². The number of carbonyl (C=O) groups excluding carboxylic acids is 2. The van der Waals surface area contributed by atoms with Gasteiger partial charge in [-0.2, -0.15) is 5.10 Å². The van der Waals surface area contributed by atoms with Gasteiger partial charge >= 0.3 is 0 Å². The molecular weight excluding hydrogens is 347 g/mol. The molecule has 0 aliphatic carbocycles. The van der Waals surface area contributed by atoms with Gasteiger partial charge in [0.25, 0.3) is 0 Å². The van der Waals surface area contributed by atoms with Crippen LogP contribution in [0.3, 0.4) is 0 Å². The molecule has 0 aliphatic heterocycles. The van der Waals surface area contributed by atoms with Crippen molar-refractivity contribution < 1.29 is 9.59 Å². The van der Waals surface area contributed by atoms with E-state index in [0.717, 1.165) is 16.5 Å². The van der Waals surface area contributed by atoms with Crippen LogP contribution in [0, 0.1) is 3.57 Å². The Morgan fingerprint density at radius 3 is 2.78 bits per heavy atom. The van der Waals surface area contributed by atoms with Gasteiger partial charge in [-0.05, 0) is 29.0 Å². The van der Waals surface area contributed by atoms with Crippen molar-refractivity contribution in [3.05, 3.63) is 16.0 Å². The summed E-state index contributed by atoms with van der Waals surface area (Å²) >= 11 is 2.19. The average molecular weight is 364 g/mol. The van der Waals surface area contributed by atoms with Gasteiger partial charge < -0.3 is 10.6 Å². The molecule has 18 heavy (non-hydrogen) atoms. The molecule has 0 radical (unpaired) electrons. The Morgan fingerprint density at radius 1 is 1.39 bits per heavy atom. The first-order chi connectivity index (χ1) is 8.61. The molecule has 0 spiro atoms. The lowest BCUT2D eigenvalue weighted by Gasteiger charge is -2.04. The molecule has 100 valence electrons. The Bertz CT molecular complexity index is 406. The van der Waals surface area contributed by atoms with Crippen molar-refractivity contribution in [2.24, 2.45) is 0 Å². The molecule has 7 heteroatoms. The zero-order chi connectivity index (χ0) is 13.4. The van der Waals surface area contributed by atoms with Crippen LogP contribution in [0.15, 0.2) is 12.4 Å². The lowest BCUT2D eigenvalue weighted by molar-refractivity contribution is -0.122. The number of hydrogen-bond acceptors (Lipinski definition) is 3. The van der Waals surface area contributed by atoms with Crippen LogP contribution in [0.5, 0.6) is 0 Å². The lowest BCUT2D eigenvalue weighted by Crippen LogP contribution is -2.29. The van der Waals surface area contributed by atoms with Crippen molar-refractivity contribution in [1.29, 1.82) is 0 Å². The van der Waals surface area contributed by atoms with Gasteiger partial charge in [-0.3, -0.25) is 14.3 Å². The molecule has 0 aromatic carbocycles. The largest absolute Gasteiger partial charge is 0.359 e. The van der Waals surface area contributed by atoms with Crippen molar-refractivity contribution in [1.82, 2.24) is 20.4 Å². The van der Waals surface area contributed by atoms with E-state index in [9.17, 15) is 9.59 Å². The molecule has 1 aromatic heterocycles. The predicted molar refractivity (Wildman–Crippen MR) is 75.9 cm³/mol. The first kappa shape index (κ1) is 14.9. The van der Waals surface area contributed by atoms with E-state index in [0.29, 0.717) is 19.4 Å². The highest BCUT2D eigenvalue weighted by Crippen LogP contribution is 2.02. The smallest absolute Gasteiger partial charge is 0.221 e. The summed E-state index contributed by atoms with van der Waals surface area (Å²) in [5.41, 5.74) is 0. The van der Waals surface area contributed by atoms with E-state index in [4.69, 9.17) is 0 Å².